The van der Waals surface area contributed by atoms with E-state index in [9.17, 15) is 56.2 Å². The molecule has 3 rings (SSSR count). The fourth-order valence-electron chi connectivity index (χ4n) is 3.87. The number of hydrogen-bond donors (Lipinski definition) is 11. The van der Waals surface area contributed by atoms with Crippen LogP contribution in [0.1, 0.15) is 0 Å². The van der Waals surface area contributed by atoms with Crippen molar-refractivity contribution in [1.29, 1.82) is 0 Å². The van der Waals surface area contributed by atoms with E-state index in [0.717, 1.165) is 0 Å². The Bertz CT molecular complexity index is 635. The summed E-state index contributed by atoms with van der Waals surface area (Å²) in [6, 6.07) is 0. The van der Waals surface area contributed by atoms with Crippen molar-refractivity contribution in [2.45, 2.75) is 92.1 Å². The van der Waals surface area contributed by atoms with Crippen LogP contribution in [0.15, 0.2) is 0 Å². The van der Waals surface area contributed by atoms with Crippen LogP contribution < -0.4 is 0 Å². The highest BCUT2D eigenvalue weighted by molar-refractivity contribution is 4.93. The highest BCUT2D eigenvalue weighted by atomic mass is 16.8. The summed E-state index contributed by atoms with van der Waals surface area (Å²) < 4.78 is 26.3. The van der Waals surface area contributed by atoms with Gasteiger partial charge in [0.25, 0.3) is 0 Å². The predicted octanol–water partition coefficient (Wildman–Crippen LogP) is -7.57. The minimum Gasteiger partial charge on any atom is -0.394 e. The summed E-state index contributed by atoms with van der Waals surface area (Å²) in [5.41, 5.74) is 0. The quantitative estimate of drug-likeness (QED) is 0.154. The van der Waals surface area contributed by atoms with Gasteiger partial charge >= 0.3 is 0 Å². The summed E-state index contributed by atoms with van der Waals surface area (Å²) in [7, 11) is 0. The highest BCUT2D eigenvalue weighted by Gasteiger charge is 2.50. The molecule has 3 aliphatic rings. The van der Waals surface area contributed by atoms with E-state index in [1.54, 1.807) is 0 Å². The normalized spacial score (nSPS) is 52.5. The molecule has 3 heterocycles. The summed E-state index contributed by atoms with van der Waals surface area (Å²) in [4.78, 5) is 0. The van der Waals surface area contributed by atoms with Crippen molar-refractivity contribution in [3.63, 3.8) is 0 Å². The number of ether oxygens (including phenoxy) is 5. The van der Waals surface area contributed by atoms with Crippen LogP contribution in [-0.4, -0.2) is 168 Å². The molecule has 0 aliphatic carbocycles. The smallest absolute Gasteiger partial charge is 0.189 e. The van der Waals surface area contributed by atoms with Gasteiger partial charge in [0, 0.05) is 0 Å². The van der Waals surface area contributed by atoms with E-state index < -0.39 is 112 Å². The number of rotatable bonds is 7. The standard InChI is InChI=1S/C18H32O16/c19-1-4-7(21)10(24)13(27)16(31-4)30-3-6-9(23)12(26)15(29)18(33-6)34-17-14(28)11(25)8(22)5(2-20)32-17/h4-29H,1-3H2/t4-,5-,6-,7+,8-,9-,10+,11+,12+,13-,14-,15-,16+,17-,18-/m1/s1. The van der Waals surface area contributed by atoms with Crippen molar-refractivity contribution >= 4 is 0 Å². The maximum atomic E-state index is 10.2. The minimum absolute atomic E-state index is 0.609. The maximum absolute atomic E-state index is 10.2. The van der Waals surface area contributed by atoms with E-state index >= 15 is 0 Å². The monoisotopic (exact) mass is 504 g/mol. The van der Waals surface area contributed by atoms with Crippen molar-refractivity contribution < 1.29 is 79.9 Å². The van der Waals surface area contributed by atoms with E-state index in [0.29, 0.717) is 0 Å². The van der Waals surface area contributed by atoms with Crippen molar-refractivity contribution in [3.05, 3.63) is 0 Å². The maximum Gasteiger partial charge on any atom is 0.189 e. The Morgan fingerprint density at radius 3 is 1.24 bits per heavy atom. The van der Waals surface area contributed by atoms with Gasteiger partial charge in [-0.2, -0.15) is 0 Å². The molecule has 0 saturated carbocycles. The van der Waals surface area contributed by atoms with Crippen molar-refractivity contribution in [2.24, 2.45) is 0 Å². The van der Waals surface area contributed by atoms with Gasteiger partial charge in [0.2, 0.25) is 0 Å². The predicted molar refractivity (Wildman–Crippen MR) is 101 cm³/mol. The first-order valence-electron chi connectivity index (χ1n) is 10.6. The van der Waals surface area contributed by atoms with E-state index in [4.69, 9.17) is 23.7 Å². The van der Waals surface area contributed by atoms with Crippen LogP contribution in [0.5, 0.6) is 0 Å². The van der Waals surface area contributed by atoms with Crippen LogP contribution in [0, 0.1) is 0 Å². The summed E-state index contributed by atoms with van der Waals surface area (Å²) in [6.07, 6.45) is -24.9. The first-order valence-corrected chi connectivity index (χ1v) is 10.6. The molecule has 16 heteroatoms. The second-order valence-electron chi connectivity index (χ2n) is 8.38. The molecule has 0 aromatic heterocycles. The van der Waals surface area contributed by atoms with Gasteiger partial charge in [-0.1, -0.05) is 0 Å². The van der Waals surface area contributed by atoms with Gasteiger partial charge in [0.05, 0.1) is 19.8 Å². The molecule has 15 atom stereocenters. The molecule has 3 saturated heterocycles. The first-order chi connectivity index (χ1) is 16.0. The molecule has 0 unspecified atom stereocenters. The third-order valence-electron chi connectivity index (χ3n) is 6.06. The van der Waals surface area contributed by atoms with Crippen LogP contribution in [0.3, 0.4) is 0 Å². The third-order valence-corrected chi connectivity index (χ3v) is 6.06. The zero-order chi connectivity index (χ0) is 25.3. The first kappa shape index (κ1) is 27.9. The molecule has 0 bridgehead atoms. The molecule has 0 radical (unpaired) electrons. The van der Waals surface area contributed by atoms with E-state index in [1.165, 1.54) is 0 Å². The molecule has 34 heavy (non-hydrogen) atoms. The molecule has 0 aromatic carbocycles. The summed E-state index contributed by atoms with van der Waals surface area (Å²) in [5.74, 6) is 0. The third kappa shape index (κ3) is 5.52. The topological polar surface area (TPSA) is 269 Å². The average Bonchev–Trinajstić information content (AvgIpc) is 2.83. The molecule has 0 aromatic rings. The Labute approximate surface area is 192 Å². The Morgan fingerprint density at radius 2 is 0.794 bits per heavy atom. The van der Waals surface area contributed by atoms with Gasteiger partial charge in [-0.15, -0.1) is 0 Å². The molecule has 16 nitrogen and oxygen atoms in total. The van der Waals surface area contributed by atoms with E-state index in [2.05, 4.69) is 0 Å². The average molecular weight is 504 g/mol. The summed E-state index contributed by atoms with van der Waals surface area (Å²) >= 11 is 0. The fraction of sp³-hybridized carbons (Fsp3) is 1.00. The lowest BCUT2D eigenvalue weighted by Gasteiger charge is -2.45. The molecule has 11 N–H and O–H groups in total. The van der Waals surface area contributed by atoms with Crippen molar-refractivity contribution in [1.82, 2.24) is 0 Å². The molecule has 200 valence electrons. The van der Waals surface area contributed by atoms with Crippen molar-refractivity contribution in [2.75, 3.05) is 19.8 Å². The van der Waals surface area contributed by atoms with Crippen LogP contribution in [-0.2, 0) is 23.7 Å². The largest absolute Gasteiger partial charge is 0.394 e. The van der Waals surface area contributed by atoms with Gasteiger partial charge in [-0.3, -0.25) is 0 Å². The van der Waals surface area contributed by atoms with Gasteiger partial charge in [-0.05, 0) is 0 Å². The van der Waals surface area contributed by atoms with E-state index in [-0.39, 0.29) is 0 Å². The lowest BCUT2D eigenvalue weighted by atomic mass is 9.98. The molecule has 0 spiro atoms. The van der Waals surface area contributed by atoms with Gasteiger partial charge < -0.3 is 79.9 Å². The number of aliphatic hydroxyl groups excluding tert-OH is 11. The Morgan fingerprint density at radius 1 is 0.441 bits per heavy atom. The molecule has 0 amide bonds. The zero-order valence-corrected chi connectivity index (χ0v) is 17.7. The number of aliphatic hydroxyl groups is 11. The SMILES string of the molecule is OC[C@H]1O[C@H](OC[C@H]2O[C@H](O[C@H]3O[C@H](CO)[C@@H](O)[C@H](O)[C@H]3O)[C@H](O)[C@@H](O)[C@@H]2O)[C@H](O)[C@@H](O)[C@H]1O. The van der Waals surface area contributed by atoms with Gasteiger partial charge in [0.15, 0.2) is 18.9 Å². The highest BCUT2D eigenvalue weighted by Crippen LogP contribution is 2.29. The second-order valence-corrected chi connectivity index (χ2v) is 8.38. The lowest BCUT2D eigenvalue weighted by molar-refractivity contribution is -0.381. The lowest BCUT2D eigenvalue weighted by Crippen LogP contribution is -2.64. The van der Waals surface area contributed by atoms with Crippen LogP contribution in [0.25, 0.3) is 0 Å². The molecule has 3 fully saturated rings. The fourth-order valence-corrected chi connectivity index (χ4v) is 3.87. The van der Waals surface area contributed by atoms with Crippen LogP contribution in [0.2, 0.25) is 0 Å². The molecular formula is C18H32O16. The Kier molecular flexibility index (Phi) is 9.54. The van der Waals surface area contributed by atoms with E-state index in [1.807, 2.05) is 0 Å². The zero-order valence-electron chi connectivity index (χ0n) is 17.7. The molecular weight excluding hydrogens is 472 g/mol. The van der Waals surface area contributed by atoms with Gasteiger partial charge in [0.1, 0.15) is 73.2 Å². The molecule has 3 aliphatic heterocycles. The minimum atomic E-state index is -1.87. The van der Waals surface area contributed by atoms with Gasteiger partial charge in [-0.25, -0.2) is 0 Å². The van der Waals surface area contributed by atoms with Crippen LogP contribution >= 0.6 is 0 Å². The Hall–Kier alpha value is -0.640. The van der Waals surface area contributed by atoms with Crippen molar-refractivity contribution in [3.8, 4) is 0 Å². The Balaban J connectivity index is 1.64. The summed E-state index contributed by atoms with van der Waals surface area (Å²) in [5, 5.41) is 109. The van der Waals surface area contributed by atoms with Crippen LogP contribution in [0.4, 0.5) is 0 Å². The second kappa shape index (κ2) is 11.6. The number of hydrogen-bond acceptors (Lipinski definition) is 16. The summed E-state index contributed by atoms with van der Waals surface area (Å²) in [6.45, 7) is -2.05.